The highest BCUT2D eigenvalue weighted by molar-refractivity contribution is 8.01. The average Bonchev–Trinajstić information content (AvgIpc) is 3.66. The molecule has 2 amide bonds. The second-order valence-electron chi connectivity index (χ2n) is 9.40. The van der Waals surface area contributed by atoms with Crippen molar-refractivity contribution in [1.82, 2.24) is 30.4 Å². The van der Waals surface area contributed by atoms with E-state index in [0.717, 1.165) is 16.2 Å². The molecular weight excluding hydrogens is 667 g/mol. The highest BCUT2D eigenvalue weighted by Crippen LogP contribution is 2.44. The maximum atomic E-state index is 13.3. The van der Waals surface area contributed by atoms with Crippen LogP contribution in [-0.2, 0) is 29.2 Å². The number of aromatic amines is 1. The molecule has 0 spiro atoms. The number of benzene rings is 1. The van der Waals surface area contributed by atoms with Gasteiger partial charge in [0.2, 0.25) is 15.2 Å². The number of carbonyl (C=O) groups is 3. The van der Waals surface area contributed by atoms with E-state index in [4.69, 9.17) is 15.7 Å². The van der Waals surface area contributed by atoms with Gasteiger partial charge in [0.25, 0.3) is 11.8 Å². The normalized spacial score (nSPS) is 19.0. The third-order valence-corrected chi connectivity index (χ3v) is 10.6. The van der Waals surface area contributed by atoms with Gasteiger partial charge in [0.15, 0.2) is 16.7 Å². The Morgan fingerprint density at radius 3 is 2.69 bits per heavy atom. The van der Waals surface area contributed by atoms with Gasteiger partial charge in [-0.15, -0.1) is 34.8 Å². The summed E-state index contributed by atoms with van der Waals surface area (Å²) in [5.74, 6) is -2.03. The lowest BCUT2D eigenvalue weighted by Gasteiger charge is -2.50. The zero-order valence-corrected chi connectivity index (χ0v) is 26.5. The number of hydrogen-bond acceptors (Lipinski definition) is 14. The first-order valence-electron chi connectivity index (χ1n) is 12.8. The van der Waals surface area contributed by atoms with Gasteiger partial charge in [0.05, 0.1) is 4.90 Å². The van der Waals surface area contributed by atoms with E-state index in [0.29, 0.717) is 28.5 Å². The van der Waals surface area contributed by atoms with Crippen LogP contribution >= 0.6 is 34.9 Å². The molecule has 20 heteroatoms. The van der Waals surface area contributed by atoms with Crippen molar-refractivity contribution in [3.63, 3.8) is 0 Å². The van der Waals surface area contributed by atoms with E-state index in [2.05, 4.69) is 37.2 Å². The van der Waals surface area contributed by atoms with Crippen molar-refractivity contribution >= 4 is 73.5 Å². The monoisotopic (exact) mass is 691 g/mol. The van der Waals surface area contributed by atoms with Crippen LogP contribution in [0.1, 0.15) is 12.1 Å². The number of aliphatic carboxylic acids is 1. The summed E-state index contributed by atoms with van der Waals surface area (Å²) >= 11 is 3.59. The Kier molecular flexibility index (Phi) is 9.30. The van der Waals surface area contributed by atoms with Crippen molar-refractivity contribution in [1.29, 1.82) is 0 Å². The molecule has 2 aliphatic rings. The van der Waals surface area contributed by atoms with E-state index < -0.39 is 44.5 Å². The molecule has 3 atom stereocenters. The number of hydrogen-bond donors (Lipinski definition) is 5. The molecule has 1 fully saturated rings. The summed E-state index contributed by atoms with van der Waals surface area (Å²) in [5, 5.41) is 29.6. The molecule has 5 rings (SSSR count). The number of carboxylic acid groups (broad SMARTS) is 1. The van der Waals surface area contributed by atoms with Crippen LogP contribution in [0.4, 0.5) is 5.13 Å². The van der Waals surface area contributed by atoms with Gasteiger partial charge in [0, 0.05) is 21.9 Å². The number of allylic oxidation sites excluding steroid dienone is 1. The molecular formula is C25H25N9O7S4. The molecule has 1 saturated heterocycles. The van der Waals surface area contributed by atoms with Crippen molar-refractivity contribution in [3.05, 3.63) is 59.3 Å². The van der Waals surface area contributed by atoms with Crippen LogP contribution < -0.4 is 16.2 Å². The van der Waals surface area contributed by atoms with Crippen LogP contribution in [0.15, 0.2) is 68.8 Å². The van der Waals surface area contributed by atoms with Crippen LogP contribution in [0.5, 0.6) is 0 Å². The van der Waals surface area contributed by atoms with Crippen LogP contribution in [0.2, 0.25) is 0 Å². The van der Waals surface area contributed by atoms with Crippen molar-refractivity contribution in [2.45, 2.75) is 33.1 Å². The number of H-pyrrole nitrogens is 1. The first-order valence-corrected chi connectivity index (χ1v) is 17.2. The number of aromatic nitrogens is 4. The molecule has 0 aliphatic carbocycles. The number of carbonyl (C=O) groups excluding carboxylic acids is 2. The van der Waals surface area contributed by atoms with Gasteiger partial charge in [-0.3, -0.25) is 19.6 Å². The van der Waals surface area contributed by atoms with Crippen LogP contribution in [0, 0.1) is 0 Å². The van der Waals surface area contributed by atoms with Gasteiger partial charge >= 0.3 is 5.97 Å². The van der Waals surface area contributed by atoms with E-state index in [-0.39, 0.29) is 32.9 Å². The number of nitrogens with zero attached hydrogens (tertiary/aromatic N) is 5. The van der Waals surface area contributed by atoms with E-state index >= 15 is 0 Å². The minimum absolute atomic E-state index is 0.0526. The summed E-state index contributed by atoms with van der Waals surface area (Å²) in [6, 6.07) is 4.73. The molecule has 3 aromatic rings. The van der Waals surface area contributed by atoms with Gasteiger partial charge in [0.1, 0.15) is 29.9 Å². The van der Waals surface area contributed by atoms with Gasteiger partial charge in [-0.25, -0.2) is 28.3 Å². The summed E-state index contributed by atoms with van der Waals surface area (Å²) < 4.78 is 23.1. The van der Waals surface area contributed by atoms with Crippen LogP contribution in [0.25, 0.3) is 11.4 Å². The molecule has 16 nitrogen and oxygen atoms in total. The number of anilines is 1. The minimum Gasteiger partial charge on any atom is -0.477 e. The zero-order valence-electron chi connectivity index (χ0n) is 23.2. The molecule has 1 aromatic carbocycles. The number of amides is 2. The standard InChI is InChI=1S/C25H25N9O7S4/c1-3-4-15(44-25-30-19(31-32-25)11-5-7-12(8-6-11)45(27,39)40)13-9-42-22-17(21(36)34(22)18(13)23(37)38)29-20(35)16(33-41-2)14-10-43-24(26)28-14/h3,5-8,10,15,17,22H,1,4,9H2,2H3,(H2,26,28)(H,29,35)(H,37,38)(H2,27,39,40)(H,30,31,32)/t15?,17-,22+/m1/s1. The Balaban J connectivity index is 1.35. The zero-order chi connectivity index (χ0) is 32.5. The largest absolute Gasteiger partial charge is 0.477 e. The van der Waals surface area contributed by atoms with Crippen molar-refractivity contribution in [3.8, 4) is 11.4 Å². The second-order valence-corrected chi connectivity index (χ2v) is 14.1. The lowest BCUT2D eigenvalue weighted by Crippen LogP contribution is -2.71. The highest BCUT2D eigenvalue weighted by atomic mass is 32.2. The second kappa shape index (κ2) is 13.0. The number of oxime groups is 1. The molecule has 1 unspecified atom stereocenters. The maximum Gasteiger partial charge on any atom is 0.352 e. The smallest absolute Gasteiger partial charge is 0.352 e. The number of primary sulfonamides is 1. The van der Waals surface area contributed by atoms with Gasteiger partial charge in [-0.1, -0.05) is 23.0 Å². The Morgan fingerprint density at radius 1 is 1.36 bits per heavy atom. The molecule has 236 valence electrons. The molecule has 0 bridgehead atoms. The Bertz CT molecular complexity index is 1840. The number of fused-ring (bicyclic) bond motifs is 1. The highest BCUT2D eigenvalue weighted by Gasteiger charge is 2.55. The Hall–Kier alpha value is -4.24. The summed E-state index contributed by atoms with van der Waals surface area (Å²) in [6.45, 7) is 3.79. The maximum absolute atomic E-state index is 13.3. The van der Waals surface area contributed by atoms with E-state index in [1.165, 1.54) is 60.3 Å². The number of nitrogen functional groups attached to an aromatic ring is 1. The molecule has 4 heterocycles. The topological polar surface area (TPSA) is 249 Å². The average molecular weight is 692 g/mol. The number of carboxylic acids is 1. The van der Waals surface area contributed by atoms with Crippen molar-refractivity contribution < 1.29 is 32.7 Å². The third-order valence-electron chi connectivity index (χ3n) is 6.59. The predicted octanol–water partition coefficient (Wildman–Crippen LogP) is 0.984. The lowest BCUT2D eigenvalue weighted by molar-refractivity contribution is -0.150. The predicted molar refractivity (Wildman–Crippen MR) is 167 cm³/mol. The fraction of sp³-hybridized carbons (Fsp3) is 0.240. The number of sulfonamides is 1. The number of rotatable bonds is 12. The molecule has 2 aliphatic heterocycles. The van der Waals surface area contributed by atoms with Crippen molar-refractivity contribution in [2.75, 3.05) is 18.6 Å². The number of nitrogens with two attached hydrogens (primary N) is 2. The molecule has 45 heavy (non-hydrogen) atoms. The summed E-state index contributed by atoms with van der Waals surface area (Å²) in [4.78, 5) is 53.3. The molecule has 0 saturated carbocycles. The first kappa shape index (κ1) is 32.2. The minimum atomic E-state index is -3.86. The number of nitrogens with one attached hydrogen (secondary N) is 2. The summed E-state index contributed by atoms with van der Waals surface area (Å²) in [6.07, 6.45) is 1.97. The summed E-state index contributed by atoms with van der Waals surface area (Å²) in [7, 11) is -2.60. The Morgan fingerprint density at radius 2 is 2.09 bits per heavy atom. The van der Waals surface area contributed by atoms with Crippen LogP contribution in [-0.4, -0.2) is 91.6 Å². The van der Waals surface area contributed by atoms with E-state index in [1.807, 2.05) is 0 Å². The molecule has 2 aromatic heterocycles. The van der Waals surface area contributed by atoms with Gasteiger partial charge in [-0.2, -0.15) is 0 Å². The van der Waals surface area contributed by atoms with Crippen molar-refractivity contribution in [2.24, 2.45) is 10.3 Å². The Labute approximate surface area is 268 Å². The fourth-order valence-corrected chi connectivity index (χ4v) is 8.22. The lowest BCUT2D eigenvalue weighted by atomic mass is 10.00. The van der Waals surface area contributed by atoms with Crippen LogP contribution in [0.3, 0.4) is 0 Å². The summed E-state index contributed by atoms with van der Waals surface area (Å²) in [5.41, 5.74) is 6.51. The molecule has 7 N–H and O–H groups in total. The third kappa shape index (κ3) is 6.59. The number of thiazole rings is 1. The molecule has 0 radical (unpaired) electrons. The SMILES string of the molecule is C=CCC(Sc1n[nH]c(-c2ccc(S(N)(=O)=O)cc2)n1)C1=C(C(=O)O)N2C(=O)[C@@H](NC(=O)C(=NOC)c3csc(N)n3)[C@@H]2SC1. The number of β-lactam (4-membered cyclic amide) rings is 1. The van der Waals surface area contributed by atoms with E-state index in [1.54, 1.807) is 6.08 Å². The first-order chi connectivity index (χ1) is 21.4. The van der Waals surface area contributed by atoms with E-state index in [9.17, 15) is 27.9 Å². The fourth-order valence-electron chi connectivity index (χ4n) is 4.56. The van der Waals surface area contributed by atoms with Gasteiger partial charge < -0.3 is 21.0 Å². The van der Waals surface area contributed by atoms with Gasteiger partial charge in [-0.05, 0) is 36.3 Å². The number of thioether (sulfide) groups is 2. The quantitative estimate of drug-likeness (QED) is 0.0585.